The predicted octanol–water partition coefficient (Wildman–Crippen LogP) is 3.67. The summed E-state index contributed by atoms with van der Waals surface area (Å²) in [6.07, 6.45) is 0.602. The number of halogens is 1. The maximum Gasteiger partial charge on any atom is 0.338 e. The first-order chi connectivity index (χ1) is 9.49. The summed E-state index contributed by atoms with van der Waals surface area (Å²) in [7, 11) is -4.00. The third-order valence-corrected chi connectivity index (χ3v) is 3.84. The van der Waals surface area contributed by atoms with E-state index in [2.05, 4.69) is 4.18 Å². The molecule has 5 heteroatoms. The van der Waals surface area contributed by atoms with Crippen molar-refractivity contribution in [1.82, 2.24) is 0 Å². The molecule has 0 aliphatic carbocycles. The maximum absolute atomic E-state index is 13.7. The van der Waals surface area contributed by atoms with Crippen LogP contribution in [-0.4, -0.2) is 8.42 Å². The SMILES string of the molecule is Cc1ccc(S(=O)(=O)O/C=C(\F)c2ccccc2)cc1. The summed E-state index contributed by atoms with van der Waals surface area (Å²) in [5, 5.41) is 0. The highest BCUT2D eigenvalue weighted by molar-refractivity contribution is 7.86. The van der Waals surface area contributed by atoms with Gasteiger partial charge in [-0.1, -0.05) is 48.0 Å². The van der Waals surface area contributed by atoms with Gasteiger partial charge in [-0.2, -0.15) is 8.42 Å². The Morgan fingerprint density at radius 3 is 2.25 bits per heavy atom. The molecule has 0 bridgehead atoms. The summed E-state index contributed by atoms with van der Waals surface area (Å²) in [6.45, 7) is 1.84. The van der Waals surface area contributed by atoms with Crippen LogP contribution >= 0.6 is 0 Å². The third-order valence-electron chi connectivity index (χ3n) is 2.64. The van der Waals surface area contributed by atoms with Crippen LogP contribution in [0.15, 0.2) is 65.8 Å². The van der Waals surface area contributed by atoms with Crippen LogP contribution in [0.25, 0.3) is 5.83 Å². The summed E-state index contributed by atoms with van der Waals surface area (Å²) in [5.41, 5.74) is 1.18. The number of aryl methyl sites for hydroxylation is 1. The molecular formula is C15H13FO3S. The average Bonchev–Trinajstić information content (AvgIpc) is 2.46. The summed E-state index contributed by atoms with van der Waals surface area (Å²) in [6, 6.07) is 14.2. The molecular weight excluding hydrogens is 279 g/mol. The molecule has 0 spiro atoms. The summed E-state index contributed by atoms with van der Waals surface area (Å²) < 4.78 is 42.0. The van der Waals surface area contributed by atoms with Gasteiger partial charge in [-0.15, -0.1) is 0 Å². The van der Waals surface area contributed by atoms with Gasteiger partial charge in [0, 0.05) is 5.56 Å². The average molecular weight is 292 g/mol. The Hall–Kier alpha value is -2.14. The standard InChI is InChI=1S/C15H13FO3S/c1-12-7-9-14(10-8-12)20(17,18)19-11-15(16)13-5-3-2-4-6-13/h2-11H,1H3/b15-11-. The first-order valence-electron chi connectivity index (χ1n) is 5.90. The first-order valence-corrected chi connectivity index (χ1v) is 7.31. The van der Waals surface area contributed by atoms with Gasteiger partial charge >= 0.3 is 10.1 Å². The molecule has 3 nitrogen and oxygen atoms in total. The van der Waals surface area contributed by atoms with E-state index in [0.29, 0.717) is 6.26 Å². The van der Waals surface area contributed by atoms with Crippen molar-refractivity contribution in [2.24, 2.45) is 0 Å². The van der Waals surface area contributed by atoms with Gasteiger partial charge in [0.1, 0.15) is 11.2 Å². The van der Waals surface area contributed by atoms with Gasteiger partial charge in [0.25, 0.3) is 0 Å². The van der Waals surface area contributed by atoms with Crippen LogP contribution in [0.3, 0.4) is 0 Å². The number of hydrogen-bond acceptors (Lipinski definition) is 3. The third kappa shape index (κ3) is 3.45. The second-order valence-electron chi connectivity index (χ2n) is 4.20. The lowest BCUT2D eigenvalue weighted by Crippen LogP contribution is -2.02. The zero-order valence-corrected chi connectivity index (χ0v) is 11.6. The van der Waals surface area contributed by atoms with E-state index in [1.807, 2.05) is 6.92 Å². The maximum atomic E-state index is 13.7. The molecule has 0 amide bonds. The molecule has 104 valence electrons. The van der Waals surface area contributed by atoms with Crippen LogP contribution < -0.4 is 0 Å². The smallest absolute Gasteiger partial charge is 0.338 e. The lowest BCUT2D eigenvalue weighted by atomic mass is 10.2. The van der Waals surface area contributed by atoms with E-state index < -0.39 is 15.9 Å². The molecule has 2 aromatic rings. The molecule has 0 atom stereocenters. The minimum absolute atomic E-state index is 0.0137. The lowest BCUT2D eigenvalue weighted by Gasteiger charge is -2.04. The fraction of sp³-hybridized carbons (Fsp3) is 0.0667. The minimum atomic E-state index is -4.00. The highest BCUT2D eigenvalue weighted by atomic mass is 32.2. The molecule has 0 fully saturated rings. The van der Waals surface area contributed by atoms with Crippen molar-refractivity contribution in [3.63, 3.8) is 0 Å². The van der Waals surface area contributed by atoms with Crippen molar-refractivity contribution in [3.8, 4) is 0 Å². The van der Waals surface area contributed by atoms with E-state index in [0.717, 1.165) is 5.56 Å². The number of rotatable bonds is 4. The molecule has 2 rings (SSSR count). The molecule has 0 saturated carbocycles. The Kier molecular flexibility index (Phi) is 4.20. The van der Waals surface area contributed by atoms with Crippen molar-refractivity contribution in [2.75, 3.05) is 0 Å². The first kappa shape index (κ1) is 14.3. The van der Waals surface area contributed by atoms with E-state index in [4.69, 9.17) is 0 Å². The Morgan fingerprint density at radius 2 is 1.65 bits per heavy atom. The summed E-state index contributed by atoms with van der Waals surface area (Å²) in [4.78, 5) is -0.0137. The second kappa shape index (κ2) is 5.88. The van der Waals surface area contributed by atoms with Crippen molar-refractivity contribution < 1.29 is 17.0 Å². The van der Waals surface area contributed by atoms with Gasteiger partial charge in [0.05, 0.1) is 0 Å². The lowest BCUT2D eigenvalue weighted by molar-refractivity contribution is 0.439. The van der Waals surface area contributed by atoms with Gasteiger partial charge in [-0.25, -0.2) is 4.39 Å². The van der Waals surface area contributed by atoms with E-state index >= 15 is 0 Å². The van der Waals surface area contributed by atoms with Gasteiger partial charge < -0.3 is 4.18 Å². The number of benzene rings is 2. The highest BCUT2D eigenvalue weighted by Gasteiger charge is 2.14. The van der Waals surface area contributed by atoms with Crippen molar-refractivity contribution >= 4 is 15.9 Å². The van der Waals surface area contributed by atoms with Crippen molar-refractivity contribution in [2.45, 2.75) is 11.8 Å². The Labute approximate surface area is 117 Å². The van der Waals surface area contributed by atoms with Gasteiger partial charge in [-0.05, 0) is 19.1 Å². The second-order valence-corrected chi connectivity index (χ2v) is 5.77. The molecule has 0 heterocycles. The molecule has 0 saturated heterocycles. The van der Waals surface area contributed by atoms with E-state index in [1.165, 1.54) is 24.3 Å². The zero-order valence-electron chi connectivity index (χ0n) is 10.8. The van der Waals surface area contributed by atoms with E-state index in [1.54, 1.807) is 30.3 Å². The summed E-state index contributed by atoms with van der Waals surface area (Å²) >= 11 is 0. The van der Waals surface area contributed by atoms with Gasteiger partial charge in [-0.3, -0.25) is 0 Å². The van der Waals surface area contributed by atoms with Crippen LogP contribution in [0.1, 0.15) is 11.1 Å². The van der Waals surface area contributed by atoms with Gasteiger partial charge in [0.2, 0.25) is 0 Å². The highest BCUT2D eigenvalue weighted by Crippen LogP contribution is 2.19. The van der Waals surface area contributed by atoms with Crippen LogP contribution in [0.4, 0.5) is 4.39 Å². The predicted molar refractivity (Wildman–Crippen MR) is 75.0 cm³/mol. The van der Waals surface area contributed by atoms with Crippen LogP contribution in [0.5, 0.6) is 0 Å². The van der Waals surface area contributed by atoms with Gasteiger partial charge in [0.15, 0.2) is 5.83 Å². The van der Waals surface area contributed by atoms with Crippen molar-refractivity contribution in [1.29, 1.82) is 0 Å². The topological polar surface area (TPSA) is 43.4 Å². The number of hydrogen-bond donors (Lipinski definition) is 0. The fourth-order valence-electron chi connectivity index (χ4n) is 1.53. The molecule has 20 heavy (non-hydrogen) atoms. The van der Waals surface area contributed by atoms with Crippen LogP contribution in [0, 0.1) is 6.92 Å². The Bertz CT molecular complexity index is 705. The van der Waals surface area contributed by atoms with E-state index in [-0.39, 0.29) is 10.5 Å². The molecule has 0 radical (unpaired) electrons. The van der Waals surface area contributed by atoms with Crippen LogP contribution in [0.2, 0.25) is 0 Å². The Balaban J connectivity index is 2.19. The summed E-state index contributed by atoms with van der Waals surface area (Å²) in [5.74, 6) is -0.749. The Morgan fingerprint density at radius 1 is 1.05 bits per heavy atom. The fourth-order valence-corrected chi connectivity index (χ4v) is 2.32. The molecule has 2 aromatic carbocycles. The zero-order chi connectivity index (χ0) is 14.6. The normalized spacial score (nSPS) is 12.2. The molecule has 0 aromatic heterocycles. The van der Waals surface area contributed by atoms with Crippen molar-refractivity contribution in [3.05, 3.63) is 72.0 Å². The molecule has 0 aliphatic heterocycles. The van der Waals surface area contributed by atoms with E-state index in [9.17, 15) is 12.8 Å². The monoisotopic (exact) mass is 292 g/mol. The molecule has 0 aliphatic rings. The van der Waals surface area contributed by atoms with Crippen LogP contribution in [-0.2, 0) is 14.3 Å². The quantitative estimate of drug-likeness (QED) is 0.638. The largest absolute Gasteiger partial charge is 0.384 e. The molecule has 0 N–H and O–H groups in total. The minimum Gasteiger partial charge on any atom is -0.384 e. The molecule has 0 unspecified atom stereocenters.